The molecule has 288 valence electrons. The van der Waals surface area contributed by atoms with Gasteiger partial charge in [0.05, 0.1) is 0 Å². The Morgan fingerprint density at radius 1 is 0.277 bits per heavy atom. The first kappa shape index (κ1) is 57.1. The Bertz CT molecular complexity index is 424. The molecular weight excluding hydrogens is 660 g/mol. The molecule has 0 radical (unpaired) electrons. The van der Waals surface area contributed by atoms with Gasteiger partial charge in [-0.2, -0.15) is 0 Å². The maximum Gasteiger partial charge on any atom is 0.0483 e. The Balaban J connectivity index is -0.000000200. The van der Waals surface area contributed by atoms with Crippen molar-refractivity contribution in [3.05, 3.63) is 0 Å². The third-order valence-electron chi connectivity index (χ3n) is 7.88. The van der Waals surface area contributed by atoms with E-state index in [1.807, 2.05) is 0 Å². The van der Waals surface area contributed by atoms with Gasteiger partial charge in [0, 0.05) is 51.6 Å². The molecule has 0 atom stereocenters. The van der Waals surface area contributed by atoms with Gasteiger partial charge < -0.3 is 20.4 Å². The van der Waals surface area contributed by atoms with Crippen LogP contribution in [-0.2, 0) is 26.2 Å². The van der Waals surface area contributed by atoms with Crippen LogP contribution in [0.4, 0.5) is 0 Å². The number of hydrogen-bond acceptors (Lipinski definition) is 4. The van der Waals surface area contributed by atoms with Crippen molar-refractivity contribution in [2.24, 2.45) is 11.8 Å². The van der Waals surface area contributed by atoms with Crippen LogP contribution >= 0.6 is 0 Å². The van der Waals surface area contributed by atoms with Crippen LogP contribution in [0.25, 0.3) is 0 Å². The van der Waals surface area contributed by atoms with Crippen molar-refractivity contribution < 1.29 is 46.6 Å². The van der Waals surface area contributed by atoms with E-state index in [2.05, 4.69) is 27.7 Å². The van der Waals surface area contributed by atoms with Gasteiger partial charge in [0.25, 0.3) is 0 Å². The molecule has 0 aliphatic rings. The molecule has 47 heavy (non-hydrogen) atoms. The molecule has 0 aromatic heterocycles. The van der Waals surface area contributed by atoms with Crippen LogP contribution in [-0.4, -0.2) is 45.8 Å². The summed E-state index contributed by atoms with van der Waals surface area (Å²) in [7, 11) is 0. The maximum atomic E-state index is 8.67. The SMILES string of the molecule is CC(C)CCCCCCCCCCCCCCCO.CC(C)CCCCCCCCCCCCCCCO.CC(C)O.CC(C)O.[Zr]. The summed E-state index contributed by atoms with van der Waals surface area (Å²) in [5.41, 5.74) is 0. The van der Waals surface area contributed by atoms with Crippen LogP contribution in [0.5, 0.6) is 0 Å². The van der Waals surface area contributed by atoms with E-state index in [9.17, 15) is 0 Å². The molecule has 5 heteroatoms. The fourth-order valence-corrected chi connectivity index (χ4v) is 5.22. The van der Waals surface area contributed by atoms with Crippen molar-refractivity contribution >= 4 is 0 Å². The number of hydrogen-bond donors (Lipinski definition) is 4. The average molecular weight is 752 g/mol. The maximum absolute atomic E-state index is 8.67. The van der Waals surface area contributed by atoms with E-state index in [1.54, 1.807) is 27.7 Å². The minimum Gasteiger partial charge on any atom is -0.396 e. The smallest absolute Gasteiger partial charge is 0.0483 e. The fourth-order valence-electron chi connectivity index (χ4n) is 5.22. The van der Waals surface area contributed by atoms with Crippen molar-refractivity contribution in [1.29, 1.82) is 0 Å². The third kappa shape index (κ3) is 87.3. The molecule has 0 saturated heterocycles. The molecule has 0 spiro atoms. The molecule has 0 aromatic rings. The van der Waals surface area contributed by atoms with E-state index in [0.29, 0.717) is 13.2 Å². The first-order valence-corrected chi connectivity index (χ1v) is 20.6. The molecule has 0 fully saturated rings. The number of aliphatic hydroxyl groups is 4. The summed E-state index contributed by atoms with van der Waals surface area (Å²) >= 11 is 0. The van der Waals surface area contributed by atoms with E-state index in [1.165, 1.54) is 167 Å². The molecule has 4 nitrogen and oxygen atoms in total. The third-order valence-corrected chi connectivity index (χ3v) is 7.88. The van der Waals surface area contributed by atoms with Crippen molar-refractivity contribution in [2.45, 2.75) is 247 Å². The molecule has 0 heterocycles. The largest absolute Gasteiger partial charge is 0.396 e. The number of unbranched alkanes of at least 4 members (excludes halogenated alkanes) is 24. The van der Waals surface area contributed by atoms with Gasteiger partial charge in [-0.15, -0.1) is 0 Å². The standard InChI is InChI=1S/2C18H38O.2C3H8O.Zr/c2*1-18(2)16-14-12-10-8-6-4-3-5-7-9-11-13-15-17-19;2*1-3(2)4;/h2*18-19H,3-17H2,1-2H3;2*3-4H,1-2H3;. The molecule has 4 N–H and O–H groups in total. The fraction of sp³-hybridized carbons (Fsp3) is 1.00. The summed E-state index contributed by atoms with van der Waals surface area (Å²) in [4.78, 5) is 0. The number of aliphatic hydroxyl groups excluding tert-OH is 4. The molecule has 0 unspecified atom stereocenters. The molecule has 0 aliphatic heterocycles. The Hall–Kier alpha value is 0.723. The molecule has 0 aliphatic carbocycles. The predicted molar refractivity (Wildman–Crippen MR) is 208 cm³/mol. The minimum absolute atomic E-state index is 0. The number of rotatable bonds is 30. The van der Waals surface area contributed by atoms with Crippen molar-refractivity contribution in [3.63, 3.8) is 0 Å². The van der Waals surface area contributed by atoms with Crippen LogP contribution in [0.3, 0.4) is 0 Å². The first-order valence-electron chi connectivity index (χ1n) is 20.6. The van der Waals surface area contributed by atoms with Crippen LogP contribution in [0.15, 0.2) is 0 Å². The second-order valence-corrected chi connectivity index (χ2v) is 15.2. The zero-order valence-corrected chi connectivity index (χ0v) is 36.3. The molecule has 0 amide bonds. The van der Waals surface area contributed by atoms with Gasteiger partial charge in [0.15, 0.2) is 0 Å². The monoisotopic (exact) mass is 751 g/mol. The van der Waals surface area contributed by atoms with E-state index < -0.39 is 0 Å². The molecule has 0 saturated carbocycles. The summed E-state index contributed by atoms with van der Waals surface area (Å²) in [6, 6.07) is 0. The van der Waals surface area contributed by atoms with Crippen LogP contribution in [0.2, 0.25) is 0 Å². The topological polar surface area (TPSA) is 80.9 Å². The van der Waals surface area contributed by atoms with E-state index in [0.717, 1.165) is 24.7 Å². The molecule has 0 aromatic carbocycles. The van der Waals surface area contributed by atoms with Gasteiger partial charge in [-0.05, 0) is 52.4 Å². The Labute approximate surface area is 317 Å². The summed E-state index contributed by atoms with van der Waals surface area (Å²) in [6.45, 7) is 16.9. The molecule has 0 bridgehead atoms. The summed E-state index contributed by atoms with van der Waals surface area (Å²) in [5.74, 6) is 1.77. The summed E-state index contributed by atoms with van der Waals surface area (Å²) in [5, 5.41) is 33.5. The predicted octanol–water partition coefficient (Wildman–Crippen LogP) is 13.0. The van der Waals surface area contributed by atoms with Crippen LogP contribution < -0.4 is 0 Å². The summed E-state index contributed by atoms with van der Waals surface area (Å²) in [6.07, 6.45) is 38.2. The van der Waals surface area contributed by atoms with Gasteiger partial charge in [0.2, 0.25) is 0 Å². The Morgan fingerprint density at radius 2 is 0.404 bits per heavy atom. The van der Waals surface area contributed by atoms with Crippen molar-refractivity contribution in [3.8, 4) is 0 Å². The van der Waals surface area contributed by atoms with Crippen molar-refractivity contribution in [1.82, 2.24) is 0 Å². The molecular formula is C42H92O4Zr. The van der Waals surface area contributed by atoms with E-state index >= 15 is 0 Å². The van der Waals surface area contributed by atoms with Gasteiger partial charge in [-0.3, -0.25) is 0 Å². The van der Waals surface area contributed by atoms with Gasteiger partial charge in [-0.1, -0.05) is 195 Å². The first-order chi connectivity index (χ1) is 22.0. The van der Waals surface area contributed by atoms with Crippen LogP contribution in [0.1, 0.15) is 235 Å². The Morgan fingerprint density at radius 3 is 0.532 bits per heavy atom. The van der Waals surface area contributed by atoms with Gasteiger partial charge in [0.1, 0.15) is 0 Å². The van der Waals surface area contributed by atoms with E-state index in [-0.39, 0.29) is 38.4 Å². The minimum atomic E-state index is -0.167. The second kappa shape index (κ2) is 53.5. The van der Waals surface area contributed by atoms with E-state index in [4.69, 9.17) is 20.4 Å². The van der Waals surface area contributed by atoms with Crippen molar-refractivity contribution in [2.75, 3.05) is 13.2 Å². The quantitative estimate of drug-likeness (QED) is 0.0551. The normalized spacial score (nSPS) is 10.7. The zero-order valence-electron chi connectivity index (χ0n) is 33.8. The summed E-state index contributed by atoms with van der Waals surface area (Å²) < 4.78 is 0. The average Bonchev–Trinajstić information content (AvgIpc) is 2.97. The molecule has 0 rings (SSSR count). The van der Waals surface area contributed by atoms with Gasteiger partial charge >= 0.3 is 0 Å². The Kier molecular flexibility index (Phi) is 65.0. The second-order valence-electron chi connectivity index (χ2n) is 15.2. The zero-order chi connectivity index (χ0) is 35.5. The van der Waals surface area contributed by atoms with Gasteiger partial charge in [-0.25, -0.2) is 0 Å². The van der Waals surface area contributed by atoms with Crippen LogP contribution in [0, 0.1) is 11.8 Å².